The van der Waals surface area contributed by atoms with Crippen molar-refractivity contribution in [3.05, 3.63) is 15.6 Å². The third-order valence-corrected chi connectivity index (χ3v) is 6.21. The summed E-state index contributed by atoms with van der Waals surface area (Å²) >= 11 is 1.80. The highest BCUT2D eigenvalue weighted by Crippen LogP contribution is 2.17. The number of nitrogens with zero attached hydrogens (tertiary/aromatic N) is 3. The maximum absolute atomic E-state index is 4.72. The molecular formula is C20H37N5S. The second kappa shape index (κ2) is 11.5. The number of likely N-dealkylation sites (tertiary alicyclic amines) is 1. The molecule has 0 unspecified atom stereocenters. The second-order valence-electron chi connectivity index (χ2n) is 7.42. The van der Waals surface area contributed by atoms with Crippen molar-refractivity contribution in [2.75, 3.05) is 39.3 Å². The summed E-state index contributed by atoms with van der Waals surface area (Å²) in [4.78, 5) is 13.3. The summed E-state index contributed by atoms with van der Waals surface area (Å²) in [6.45, 7) is 15.2. The lowest BCUT2D eigenvalue weighted by Crippen LogP contribution is -2.38. The predicted octanol–water partition coefficient (Wildman–Crippen LogP) is 3.37. The molecule has 1 aromatic heterocycles. The quantitative estimate of drug-likeness (QED) is 0.392. The first-order valence-corrected chi connectivity index (χ1v) is 11.1. The number of aryl methyl sites for hydroxylation is 2. The van der Waals surface area contributed by atoms with Crippen LogP contribution in [-0.4, -0.2) is 55.1 Å². The van der Waals surface area contributed by atoms with E-state index in [-0.39, 0.29) is 0 Å². The van der Waals surface area contributed by atoms with E-state index in [9.17, 15) is 0 Å². The van der Waals surface area contributed by atoms with Gasteiger partial charge in [-0.05, 0) is 72.0 Å². The van der Waals surface area contributed by atoms with Crippen molar-refractivity contribution in [1.82, 2.24) is 20.5 Å². The molecule has 1 saturated heterocycles. The molecule has 26 heavy (non-hydrogen) atoms. The fourth-order valence-electron chi connectivity index (χ4n) is 3.20. The minimum Gasteiger partial charge on any atom is -0.357 e. The number of unbranched alkanes of at least 4 members (excludes halogenated alkanes) is 1. The summed E-state index contributed by atoms with van der Waals surface area (Å²) in [7, 11) is 0. The highest BCUT2D eigenvalue weighted by Gasteiger charge is 2.14. The van der Waals surface area contributed by atoms with Crippen LogP contribution in [0.5, 0.6) is 0 Å². The highest BCUT2D eigenvalue weighted by molar-refractivity contribution is 7.11. The Balaban J connectivity index is 1.62. The van der Waals surface area contributed by atoms with Gasteiger partial charge >= 0.3 is 0 Å². The summed E-state index contributed by atoms with van der Waals surface area (Å²) in [6.07, 6.45) is 6.09. The van der Waals surface area contributed by atoms with Crippen molar-refractivity contribution < 1.29 is 0 Å². The topological polar surface area (TPSA) is 52.6 Å². The number of guanidine groups is 1. The molecule has 0 radical (unpaired) electrons. The number of piperidine rings is 1. The molecule has 1 aromatic rings. The third kappa shape index (κ3) is 7.62. The zero-order valence-corrected chi connectivity index (χ0v) is 17.9. The number of rotatable bonds is 9. The molecule has 0 bridgehead atoms. The molecule has 0 spiro atoms. The van der Waals surface area contributed by atoms with Crippen LogP contribution in [0.3, 0.4) is 0 Å². The number of aromatic nitrogens is 1. The van der Waals surface area contributed by atoms with E-state index in [1.54, 1.807) is 11.3 Å². The van der Waals surface area contributed by atoms with Gasteiger partial charge in [0.05, 0.1) is 10.7 Å². The van der Waals surface area contributed by atoms with Crippen molar-refractivity contribution in [3.63, 3.8) is 0 Å². The first-order chi connectivity index (χ1) is 12.6. The minimum absolute atomic E-state index is 0.879. The van der Waals surface area contributed by atoms with Crippen LogP contribution in [0.2, 0.25) is 0 Å². The van der Waals surface area contributed by atoms with Gasteiger partial charge in [-0.1, -0.05) is 6.92 Å². The van der Waals surface area contributed by atoms with Gasteiger partial charge in [-0.2, -0.15) is 0 Å². The first-order valence-electron chi connectivity index (χ1n) is 10.3. The number of nitrogens with one attached hydrogen (secondary N) is 2. The molecule has 148 valence electrons. The van der Waals surface area contributed by atoms with Gasteiger partial charge in [0.2, 0.25) is 0 Å². The lowest BCUT2D eigenvalue weighted by Gasteiger charge is -2.30. The van der Waals surface area contributed by atoms with Crippen LogP contribution in [-0.2, 0) is 6.42 Å². The Kier molecular flexibility index (Phi) is 9.40. The Hall–Kier alpha value is -1.14. The zero-order chi connectivity index (χ0) is 18.8. The number of aliphatic imine (C=N–C) groups is 1. The second-order valence-corrected chi connectivity index (χ2v) is 8.71. The van der Waals surface area contributed by atoms with Crippen LogP contribution in [0.25, 0.3) is 0 Å². The Bertz CT molecular complexity index is 527. The Morgan fingerprint density at radius 3 is 2.65 bits per heavy atom. The Labute approximate surface area is 163 Å². The molecule has 6 heteroatoms. The van der Waals surface area contributed by atoms with E-state index in [1.165, 1.54) is 48.8 Å². The zero-order valence-electron chi connectivity index (χ0n) is 17.1. The maximum atomic E-state index is 4.72. The average Bonchev–Trinajstić information content (AvgIpc) is 2.94. The molecule has 0 aliphatic carbocycles. The molecule has 1 aliphatic heterocycles. The van der Waals surface area contributed by atoms with E-state index in [1.807, 2.05) is 0 Å². The van der Waals surface area contributed by atoms with Gasteiger partial charge < -0.3 is 15.5 Å². The van der Waals surface area contributed by atoms with Crippen LogP contribution >= 0.6 is 11.3 Å². The molecule has 0 atom stereocenters. The van der Waals surface area contributed by atoms with Crippen LogP contribution in [0.1, 0.15) is 55.1 Å². The Morgan fingerprint density at radius 2 is 2.00 bits per heavy atom. The average molecular weight is 380 g/mol. The SMILES string of the molecule is CCNC(=NCCCCN1CCC(C)CC1)NCCc1nc(C)c(C)s1. The van der Waals surface area contributed by atoms with Gasteiger partial charge in [0, 0.05) is 30.9 Å². The third-order valence-electron chi connectivity index (χ3n) is 5.08. The van der Waals surface area contributed by atoms with E-state index in [4.69, 9.17) is 4.99 Å². The largest absolute Gasteiger partial charge is 0.357 e. The first kappa shape index (κ1) is 21.2. The van der Waals surface area contributed by atoms with Crippen molar-refractivity contribution in [2.24, 2.45) is 10.9 Å². The van der Waals surface area contributed by atoms with Crippen molar-refractivity contribution in [3.8, 4) is 0 Å². The number of hydrogen-bond acceptors (Lipinski definition) is 4. The molecule has 0 amide bonds. The minimum atomic E-state index is 0.879. The normalized spacial score (nSPS) is 16.8. The van der Waals surface area contributed by atoms with Gasteiger partial charge in [0.1, 0.15) is 0 Å². The molecule has 2 N–H and O–H groups in total. The molecular weight excluding hydrogens is 342 g/mol. The van der Waals surface area contributed by atoms with E-state index < -0.39 is 0 Å². The fraction of sp³-hybridized carbons (Fsp3) is 0.800. The maximum Gasteiger partial charge on any atom is 0.191 e. The van der Waals surface area contributed by atoms with E-state index in [0.717, 1.165) is 50.0 Å². The summed E-state index contributed by atoms with van der Waals surface area (Å²) in [5, 5.41) is 7.99. The lowest BCUT2D eigenvalue weighted by atomic mass is 9.99. The standard InChI is InChI=1S/C20H37N5S/c1-5-21-20(23-12-8-19-24-17(3)18(4)26-19)22-11-6-7-13-25-14-9-16(2)10-15-25/h16H,5-15H2,1-4H3,(H2,21,22,23). The predicted molar refractivity (Wildman–Crippen MR) is 113 cm³/mol. The van der Waals surface area contributed by atoms with Gasteiger partial charge in [-0.3, -0.25) is 4.99 Å². The fourth-order valence-corrected chi connectivity index (χ4v) is 4.13. The highest BCUT2D eigenvalue weighted by atomic mass is 32.1. The molecule has 1 aliphatic rings. The van der Waals surface area contributed by atoms with Crippen LogP contribution in [0.4, 0.5) is 0 Å². The van der Waals surface area contributed by atoms with Gasteiger partial charge in [0.25, 0.3) is 0 Å². The van der Waals surface area contributed by atoms with Crippen LogP contribution in [0.15, 0.2) is 4.99 Å². The van der Waals surface area contributed by atoms with E-state index in [2.05, 4.69) is 48.2 Å². The van der Waals surface area contributed by atoms with Gasteiger partial charge in [-0.15, -0.1) is 11.3 Å². The molecule has 2 rings (SSSR count). The molecule has 0 aromatic carbocycles. The van der Waals surface area contributed by atoms with Crippen molar-refractivity contribution in [1.29, 1.82) is 0 Å². The summed E-state index contributed by atoms with van der Waals surface area (Å²) < 4.78 is 0. The van der Waals surface area contributed by atoms with Crippen LogP contribution in [0, 0.1) is 19.8 Å². The molecule has 2 heterocycles. The molecule has 5 nitrogen and oxygen atoms in total. The summed E-state index contributed by atoms with van der Waals surface area (Å²) in [6, 6.07) is 0. The monoisotopic (exact) mass is 379 g/mol. The lowest BCUT2D eigenvalue weighted by molar-refractivity contribution is 0.190. The summed E-state index contributed by atoms with van der Waals surface area (Å²) in [5.41, 5.74) is 1.16. The smallest absolute Gasteiger partial charge is 0.191 e. The summed E-state index contributed by atoms with van der Waals surface area (Å²) in [5.74, 6) is 1.85. The van der Waals surface area contributed by atoms with Gasteiger partial charge in [0.15, 0.2) is 5.96 Å². The van der Waals surface area contributed by atoms with Crippen LogP contribution < -0.4 is 10.6 Å². The number of hydrogen-bond donors (Lipinski definition) is 2. The number of thiazole rings is 1. The van der Waals surface area contributed by atoms with Crippen molar-refractivity contribution >= 4 is 17.3 Å². The van der Waals surface area contributed by atoms with E-state index in [0.29, 0.717) is 0 Å². The molecule has 1 fully saturated rings. The molecule has 0 saturated carbocycles. The van der Waals surface area contributed by atoms with Crippen molar-refractivity contribution in [2.45, 2.75) is 59.8 Å². The van der Waals surface area contributed by atoms with Gasteiger partial charge in [-0.25, -0.2) is 4.98 Å². The van der Waals surface area contributed by atoms with E-state index >= 15 is 0 Å². The Morgan fingerprint density at radius 1 is 1.23 bits per heavy atom.